The first-order valence-corrected chi connectivity index (χ1v) is 7.95. The van der Waals surface area contributed by atoms with Crippen molar-refractivity contribution in [1.29, 1.82) is 0 Å². The zero-order valence-electron chi connectivity index (χ0n) is 12.0. The molecule has 0 spiro atoms. The van der Waals surface area contributed by atoms with Crippen molar-refractivity contribution in [2.75, 3.05) is 26.2 Å². The summed E-state index contributed by atoms with van der Waals surface area (Å²) in [6.45, 7) is 6.15. The lowest BCUT2D eigenvalue weighted by Crippen LogP contribution is -2.30. The van der Waals surface area contributed by atoms with Crippen LogP contribution in [-0.2, 0) is 19.4 Å². The molecule has 1 N–H and O–H groups in total. The molecule has 2 heterocycles. The first-order chi connectivity index (χ1) is 9.42. The quantitative estimate of drug-likeness (QED) is 0.893. The highest BCUT2D eigenvalue weighted by Crippen LogP contribution is 2.17. The summed E-state index contributed by atoms with van der Waals surface area (Å²) in [7, 11) is 0. The minimum absolute atomic E-state index is 1.06. The second kappa shape index (κ2) is 6.53. The van der Waals surface area contributed by atoms with E-state index in [1.54, 1.807) is 5.56 Å². The molecule has 0 aromatic heterocycles. The van der Waals surface area contributed by atoms with E-state index in [-0.39, 0.29) is 0 Å². The maximum absolute atomic E-state index is 3.44. The van der Waals surface area contributed by atoms with Gasteiger partial charge in [0.15, 0.2) is 0 Å². The highest BCUT2D eigenvalue weighted by Gasteiger charge is 2.11. The third-order valence-electron chi connectivity index (χ3n) is 4.55. The minimum Gasteiger partial charge on any atom is -0.312 e. The molecule has 1 saturated heterocycles. The summed E-state index contributed by atoms with van der Waals surface area (Å²) in [5.41, 5.74) is 4.62. The number of fused-ring (bicyclic) bond motifs is 1. The van der Waals surface area contributed by atoms with Gasteiger partial charge >= 0.3 is 0 Å². The lowest BCUT2D eigenvalue weighted by Gasteiger charge is -2.26. The van der Waals surface area contributed by atoms with E-state index in [0.29, 0.717) is 0 Å². The van der Waals surface area contributed by atoms with Gasteiger partial charge in [-0.1, -0.05) is 24.6 Å². The molecule has 0 unspecified atom stereocenters. The molecule has 0 amide bonds. The largest absolute Gasteiger partial charge is 0.312 e. The second-order valence-electron chi connectivity index (χ2n) is 6.04. The number of hydrogen-bond donors (Lipinski definition) is 1. The van der Waals surface area contributed by atoms with Crippen LogP contribution in [0.4, 0.5) is 0 Å². The average Bonchev–Trinajstić information content (AvgIpc) is 2.48. The number of rotatable bonds is 4. The van der Waals surface area contributed by atoms with Crippen LogP contribution in [0.1, 0.15) is 42.4 Å². The summed E-state index contributed by atoms with van der Waals surface area (Å²) in [6, 6.07) is 7.12. The van der Waals surface area contributed by atoms with Crippen LogP contribution in [0.3, 0.4) is 0 Å². The van der Waals surface area contributed by atoms with Gasteiger partial charge in [-0.15, -0.1) is 0 Å². The fraction of sp³-hybridized carbons (Fsp3) is 0.647. The van der Waals surface area contributed by atoms with Crippen LogP contribution < -0.4 is 5.32 Å². The van der Waals surface area contributed by atoms with E-state index >= 15 is 0 Å². The second-order valence-corrected chi connectivity index (χ2v) is 6.04. The third kappa shape index (κ3) is 3.58. The van der Waals surface area contributed by atoms with E-state index in [1.807, 2.05) is 0 Å². The van der Waals surface area contributed by atoms with Crippen LogP contribution in [-0.4, -0.2) is 31.1 Å². The number of likely N-dealkylation sites (tertiary alicyclic amines) is 1. The monoisotopic (exact) mass is 258 g/mol. The van der Waals surface area contributed by atoms with Crippen molar-refractivity contribution < 1.29 is 0 Å². The number of piperidine rings is 1. The highest BCUT2D eigenvalue weighted by molar-refractivity contribution is 5.33. The Bertz CT molecular complexity index is 408. The fourth-order valence-corrected chi connectivity index (χ4v) is 3.38. The SMILES string of the molecule is c1cc2c(cc1CCCN1CCCCC1)CCNC2. The summed E-state index contributed by atoms with van der Waals surface area (Å²) in [6.07, 6.45) is 8.02. The smallest absolute Gasteiger partial charge is 0.0208 e. The van der Waals surface area contributed by atoms with E-state index in [2.05, 4.69) is 28.4 Å². The van der Waals surface area contributed by atoms with E-state index in [1.165, 1.54) is 69.3 Å². The molecular formula is C17H26N2. The third-order valence-corrected chi connectivity index (χ3v) is 4.55. The van der Waals surface area contributed by atoms with Crippen molar-refractivity contribution in [3.63, 3.8) is 0 Å². The van der Waals surface area contributed by atoms with Gasteiger partial charge < -0.3 is 10.2 Å². The molecule has 1 aromatic carbocycles. The Morgan fingerprint density at radius 2 is 1.95 bits per heavy atom. The van der Waals surface area contributed by atoms with E-state index in [0.717, 1.165) is 13.1 Å². The number of hydrogen-bond acceptors (Lipinski definition) is 2. The molecule has 2 aliphatic heterocycles. The Hall–Kier alpha value is -0.860. The van der Waals surface area contributed by atoms with Crippen molar-refractivity contribution in [1.82, 2.24) is 10.2 Å². The summed E-state index contributed by atoms with van der Waals surface area (Å²) in [4.78, 5) is 2.64. The van der Waals surface area contributed by atoms with Crippen molar-refractivity contribution in [3.05, 3.63) is 34.9 Å². The summed E-state index contributed by atoms with van der Waals surface area (Å²) in [5.74, 6) is 0. The molecule has 1 aromatic rings. The van der Waals surface area contributed by atoms with Crippen LogP contribution in [0, 0.1) is 0 Å². The lowest BCUT2D eigenvalue weighted by molar-refractivity contribution is 0.226. The summed E-state index contributed by atoms with van der Waals surface area (Å²) < 4.78 is 0. The van der Waals surface area contributed by atoms with Crippen molar-refractivity contribution in [2.45, 2.75) is 45.1 Å². The fourth-order valence-electron chi connectivity index (χ4n) is 3.38. The molecule has 1 fully saturated rings. The Kier molecular flexibility index (Phi) is 4.52. The van der Waals surface area contributed by atoms with Crippen LogP contribution in [0.15, 0.2) is 18.2 Å². The van der Waals surface area contributed by atoms with Gasteiger partial charge in [-0.05, 0) is 75.0 Å². The van der Waals surface area contributed by atoms with Gasteiger partial charge in [0.05, 0.1) is 0 Å². The zero-order valence-corrected chi connectivity index (χ0v) is 12.0. The number of aryl methyl sites for hydroxylation is 1. The van der Waals surface area contributed by atoms with Gasteiger partial charge in [-0.25, -0.2) is 0 Å². The van der Waals surface area contributed by atoms with Crippen LogP contribution in [0.5, 0.6) is 0 Å². The van der Waals surface area contributed by atoms with Crippen molar-refractivity contribution in [3.8, 4) is 0 Å². The molecule has 0 saturated carbocycles. The molecule has 19 heavy (non-hydrogen) atoms. The molecule has 2 heteroatoms. The predicted octanol–water partition coefficient (Wildman–Crippen LogP) is 2.75. The maximum Gasteiger partial charge on any atom is 0.0208 e. The van der Waals surface area contributed by atoms with E-state index < -0.39 is 0 Å². The molecule has 2 aliphatic rings. The molecular weight excluding hydrogens is 232 g/mol. The number of benzene rings is 1. The maximum atomic E-state index is 3.44. The molecule has 0 radical (unpaired) electrons. The Morgan fingerprint density at radius 1 is 1.05 bits per heavy atom. The first-order valence-electron chi connectivity index (χ1n) is 7.95. The van der Waals surface area contributed by atoms with Crippen molar-refractivity contribution >= 4 is 0 Å². The van der Waals surface area contributed by atoms with E-state index in [4.69, 9.17) is 0 Å². The standard InChI is InChI=1S/C17H26N2/c1-2-10-19(11-3-1)12-4-5-15-6-7-17-14-18-9-8-16(17)13-15/h6-7,13,18H,1-5,8-12,14H2. The summed E-state index contributed by atoms with van der Waals surface area (Å²) in [5, 5.41) is 3.44. The van der Waals surface area contributed by atoms with Crippen LogP contribution in [0.25, 0.3) is 0 Å². The lowest BCUT2D eigenvalue weighted by atomic mass is 9.96. The number of nitrogens with zero attached hydrogens (tertiary/aromatic N) is 1. The van der Waals surface area contributed by atoms with Gasteiger partial charge in [-0.3, -0.25) is 0 Å². The minimum atomic E-state index is 1.06. The molecule has 0 bridgehead atoms. The Morgan fingerprint density at radius 3 is 2.84 bits per heavy atom. The average molecular weight is 258 g/mol. The normalized spacial score (nSPS) is 20.2. The first kappa shape index (κ1) is 13.1. The zero-order chi connectivity index (χ0) is 12.9. The van der Waals surface area contributed by atoms with Crippen molar-refractivity contribution in [2.24, 2.45) is 0 Å². The Balaban J connectivity index is 1.49. The van der Waals surface area contributed by atoms with E-state index in [9.17, 15) is 0 Å². The van der Waals surface area contributed by atoms with Gasteiger partial charge in [0.2, 0.25) is 0 Å². The van der Waals surface area contributed by atoms with Gasteiger partial charge in [0.25, 0.3) is 0 Å². The molecule has 0 aliphatic carbocycles. The highest BCUT2D eigenvalue weighted by atomic mass is 15.1. The molecule has 104 valence electrons. The Labute approximate surface area is 117 Å². The predicted molar refractivity (Wildman–Crippen MR) is 80.5 cm³/mol. The summed E-state index contributed by atoms with van der Waals surface area (Å²) >= 11 is 0. The van der Waals surface area contributed by atoms with Crippen LogP contribution in [0.2, 0.25) is 0 Å². The topological polar surface area (TPSA) is 15.3 Å². The molecule has 3 rings (SSSR count). The van der Waals surface area contributed by atoms with Gasteiger partial charge in [-0.2, -0.15) is 0 Å². The van der Waals surface area contributed by atoms with Gasteiger partial charge in [0.1, 0.15) is 0 Å². The number of nitrogens with one attached hydrogen (secondary N) is 1. The molecule has 2 nitrogen and oxygen atoms in total. The van der Waals surface area contributed by atoms with Crippen LogP contribution >= 0.6 is 0 Å². The van der Waals surface area contributed by atoms with Gasteiger partial charge in [0, 0.05) is 6.54 Å². The molecule has 0 atom stereocenters.